The minimum Gasteiger partial charge on any atom is -0.342 e. The van der Waals surface area contributed by atoms with Gasteiger partial charge in [-0.2, -0.15) is 0 Å². The van der Waals surface area contributed by atoms with Gasteiger partial charge in [0.25, 0.3) is 0 Å². The molecule has 4 nitrogen and oxygen atoms in total. The van der Waals surface area contributed by atoms with Crippen molar-refractivity contribution in [1.29, 1.82) is 0 Å². The van der Waals surface area contributed by atoms with Crippen molar-refractivity contribution >= 4 is 11.8 Å². The summed E-state index contributed by atoms with van der Waals surface area (Å²) in [4.78, 5) is 26.9. The summed E-state index contributed by atoms with van der Waals surface area (Å²) < 4.78 is 0. The molecule has 1 aliphatic heterocycles. The first-order chi connectivity index (χ1) is 9.01. The summed E-state index contributed by atoms with van der Waals surface area (Å²) in [5.74, 6) is 0.947. The molecule has 0 spiro atoms. The maximum Gasteiger partial charge on any atom is 0.246 e. The molecular weight excluding hydrogens is 240 g/mol. The van der Waals surface area contributed by atoms with Crippen molar-refractivity contribution in [1.82, 2.24) is 10.2 Å². The van der Waals surface area contributed by atoms with Crippen LogP contribution in [0.3, 0.4) is 0 Å². The third-order valence-electron chi connectivity index (χ3n) is 4.48. The van der Waals surface area contributed by atoms with Crippen LogP contribution in [-0.2, 0) is 9.59 Å². The summed E-state index contributed by atoms with van der Waals surface area (Å²) in [7, 11) is 0. The van der Waals surface area contributed by atoms with Crippen LogP contribution in [0.4, 0.5) is 0 Å². The van der Waals surface area contributed by atoms with Gasteiger partial charge in [-0.15, -0.1) is 0 Å². The fourth-order valence-corrected chi connectivity index (χ4v) is 3.27. The van der Waals surface area contributed by atoms with Crippen molar-refractivity contribution < 1.29 is 9.59 Å². The maximum atomic E-state index is 12.7. The Morgan fingerprint density at radius 3 is 2.32 bits per heavy atom. The van der Waals surface area contributed by atoms with Gasteiger partial charge in [-0.25, -0.2) is 0 Å². The minimum absolute atomic E-state index is 0.0399. The van der Waals surface area contributed by atoms with Gasteiger partial charge in [0.05, 0.1) is 0 Å². The number of nitrogens with zero attached hydrogens (tertiary/aromatic N) is 1. The van der Waals surface area contributed by atoms with Crippen molar-refractivity contribution in [2.75, 3.05) is 0 Å². The topological polar surface area (TPSA) is 49.4 Å². The molecule has 1 saturated heterocycles. The van der Waals surface area contributed by atoms with E-state index in [2.05, 4.69) is 26.1 Å². The summed E-state index contributed by atoms with van der Waals surface area (Å²) in [6, 6.07) is -0.373. The molecule has 4 heteroatoms. The van der Waals surface area contributed by atoms with E-state index in [-0.39, 0.29) is 29.9 Å². The average Bonchev–Trinajstić information content (AvgIpc) is 3.17. The molecular formula is C15H26N2O2. The van der Waals surface area contributed by atoms with Crippen LogP contribution >= 0.6 is 0 Å². The second-order valence-electron chi connectivity index (χ2n) is 6.21. The third kappa shape index (κ3) is 2.63. The van der Waals surface area contributed by atoms with Crippen molar-refractivity contribution in [2.24, 2.45) is 11.8 Å². The molecule has 0 aromatic rings. The molecule has 0 bridgehead atoms. The number of nitrogens with one attached hydrogen (secondary N) is 1. The number of amides is 2. The second kappa shape index (κ2) is 5.51. The van der Waals surface area contributed by atoms with Gasteiger partial charge in [0.1, 0.15) is 12.1 Å². The number of piperazine rings is 1. The van der Waals surface area contributed by atoms with Crippen molar-refractivity contribution in [3.63, 3.8) is 0 Å². The first-order valence-corrected chi connectivity index (χ1v) is 7.63. The van der Waals surface area contributed by atoms with Gasteiger partial charge in [0.15, 0.2) is 0 Å². The zero-order chi connectivity index (χ0) is 14.2. The molecule has 0 aromatic carbocycles. The Morgan fingerprint density at radius 2 is 1.89 bits per heavy atom. The molecule has 19 heavy (non-hydrogen) atoms. The summed E-state index contributed by atoms with van der Waals surface area (Å²) in [6.45, 7) is 8.35. The van der Waals surface area contributed by atoms with E-state index in [4.69, 9.17) is 0 Å². The first-order valence-electron chi connectivity index (χ1n) is 7.63. The largest absolute Gasteiger partial charge is 0.342 e. The van der Waals surface area contributed by atoms with Gasteiger partial charge in [-0.3, -0.25) is 9.59 Å². The average molecular weight is 266 g/mol. The van der Waals surface area contributed by atoms with Crippen LogP contribution in [0.5, 0.6) is 0 Å². The van der Waals surface area contributed by atoms with Crippen molar-refractivity contribution in [3.8, 4) is 0 Å². The second-order valence-corrected chi connectivity index (χ2v) is 6.21. The highest BCUT2D eigenvalue weighted by atomic mass is 16.2. The Kier molecular flexibility index (Phi) is 4.16. The SMILES string of the molecule is CCC1C(=O)NC(C2CC2)C(=O)N1C(CC)C(C)C. The first kappa shape index (κ1) is 14.4. The van der Waals surface area contributed by atoms with Gasteiger partial charge >= 0.3 is 0 Å². The molecule has 1 aliphatic carbocycles. The lowest BCUT2D eigenvalue weighted by molar-refractivity contribution is -0.154. The van der Waals surface area contributed by atoms with Crippen LogP contribution in [0.15, 0.2) is 0 Å². The van der Waals surface area contributed by atoms with Crippen LogP contribution < -0.4 is 5.32 Å². The highest BCUT2D eigenvalue weighted by molar-refractivity contribution is 5.97. The van der Waals surface area contributed by atoms with E-state index in [1.165, 1.54) is 0 Å². The Bertz CT molecular complexity index is 363. The van der Waals surface area contributed by atoms with Gasteiger partial charge in [-0.1, -0.05) is 27.7 Å². The third-order valence-corrected chi connectivity index (χ3v) is 4.48. The minimum atomic E-state index is -0.283. The molecule has 108 valence electrons. The Labute approximate surface area is 115 Å². The molecule has 2 rings (SSSR count). The molecule has 2 amide bonds. The van der Waals surface area contributed by atoms with E-state index in [0.29, 0.717) is 18.3 Å². The standard InChI is InChI=1S/C15H26N2O2/c1-5-11(9(3)4)17-12(6-2)14(18)16-13(15(17)19)10-7-8-10/h9-13H,5-8H2,1-4H3,(H,16,18). The zero-order valence-electron chi connectivity index (χ0n) is 12.5. The quantitative estimate of drug-likeness (QED) is 0.826. The number of hydrogen-bond donors (Lipinski definition) is 1. The molecule has 1 heterocycles. The van der Waals surface area contributed by atoms with Crippen LogP contribution in [0.1, 0.15) is 53.4 Å². The Balaban J connectivity index is 2.27. The monoisotopic (exact) mass is 266 g/mol. The predicted octanol–water partition coefficient (Wildman–Crippen LogP) is 1.94. The lowest BCUT2D eigenvalue weighted by atomic mass is 9.93. The molecule has 0 aromatic heterocycles. The summed E-state index contributed by atoms with van der Waals surface area (Å²) in [6.07, 6.45) is 3.74. The van der Waals surface area contributed by atoms with Crippen LogP contribution in [0.2, 0.25) is 0 Å². The maximum absolute atomic E-state index is 12.7. The Morgan fingerprint density at radius 1 is 1.26 bits per heavy atom. The van der Waals surface area contributed by atoms with Crippen molar-refractivity contribution in [2.45, 2.75) is 71.5 Å². The van der Waals surface area contributed by atoms with E-state index < -0.39 is 0 Å². The van der Waals surface area contributed by atoms with Crippen LogP contribution in [0, 0.1) is 11.8 Å². The lowest BCUT2D eigenvalue weighted by Gasteiger charge is -2.44. The summed E-state index contributed by atoms with van der Waals surface area (Å²) in [5.41, 5.74) is 0. The molecule has 3 unspecified atom stereocenters. The molecule has 0 radical (unpaired) electrons. The zero-order valence-corrected chi connectivity index (χ0v) is 12.5. The van der Waals surface area contributed by atoms with E-state index in [0.717, 1.165) is 19.3 Å². The number of hydrogen-bond acceptors (Lipinski definition) is 2. The van der Waals surface area contributed by atoms with Crippen molar-refractivity contribution in [3.05, 3.63) is 0 Å². The van der Waals surface area contributed by atoms with Crippen LogP contribution in [0.25, 0.3) is 0 Å². The van der Waals surface area contributed by atoms with Crippen LogP contribution in [-0.4, -0.2) is 34.8 Å². The molecule has 1 saturated carbocycles. The fourth-order valence-electron chi connectivity index (χ4n) is 3.27. The molecule has 1 N–H and O–H groups in total. The van der Waals surface area contributed by atoms with E-state index in [9.17, 15) is 9.59 Å². The van der Waals surface area contributed by atoms with Gasteiger partial charge < -0.3 is 10.2 Å². The Hall–Kier alpha value is -1.06. The fraction of sp³-hybridized carbons (Fsp3) is 0.867. The van der Waals surface area contributed by atoms with Gasteiger partial charge in [0.2, 0.25) is 11.8 Å². The van der Waals surface area contributed by atoms with Gasteiger partial charge in [-0.05, 0) is 37.5 Å². The number of carbonyl (C=O) groups is 2. The summed E-state index contributed by atoms with van der Waals surface area (Å²) >= 11 is 0. The van der Waals surface area contributed by atoms with E-state index in [1.54, 1.807) is 0 Å². The highest BCUT2D eigenvalue weighted by Gasteiger charge is 2.48. The molecule has 2 aliphatic rings. The number of carbonyl (C=O) groups excluding carboxylic acids is 2. The summed E-state index contributed by atoms with van der Waals surface area (Å²) in [5, 5.41) is 2.95. The molecule has 2 fully saturated rings. The number of rotatable bonds is 5. The normalized spacial score (nSPS) is 29.6. The van der Waals surface area contributed by atoms with Gasteiger partial charge in [0, 0.05) is 6.04 Å². The van der Waals surface area contributed by atoms with E-state index in [1.807, 2.05) is 11.8 Å². The smallest absolute Gasteiger partial charge is 0.246 e. The van der Waals surface area contributed by atoms with E-state index >= 15 is 0 Å². The predicted molar refractivity (Wildman–Crippen MR) is 74.5 cm³/mol. The molecule has 3 atom stereocenters. The lowest BCUT2D eigenvalue weighted by Crippen LogP contribution is -2.66. The highest BCUT2D eigenvalue weighted by Crippen LogP contribution is 2.36.